The van der Waals surface area contributed by atoms with Gasteiger partial charge in [-0.3, -0.25) is 19.8 Å². The van der Waals surface area contributed by atoms with Crippen LogP contribution in [-0.2, 0) is 14.4 Å². The van der Waals surface area contributed by atoms with Crippen LogP contribution in [0.15, 0.2) is 34.9 Å². The average Bonchev–Trinajstić information content (AvgIpc) is 2.69. The lowest BCUT2D eigenvalue weighted by Crippen LogP contribution is -2.50. The molecule has 0 aliphatic rings. The maximum Gasteiger partial charge on any atom is 0.306 e. The van der Waals surface area contributed by atoms with E-state index >= 15 is 0 Å². The molecule has 2 amide bonds. The molecule has 0 rings (SSSR count). The monoisotopic (exact) mass is 453 g/mol. The van der Waals surface area contributed by atoms with Gasteiger partial charge in [-0.2, -0.15) is 11.8 Å². The van der Waals surface area contributed by atoms with Crippen LogP contribution in [0.5, 0.6) is 0 Å². The molecular formula is C23H39N3O4S. The molecule has 0 aliphatic heterocycles. The highest BCUT2D eigenvalue weighted by Crippen LogP contribution is 2.13. The van der Waals surface area contributed by atoms with Gasteiger partial charge < -0.3 is 10.4 Å². The van der Waals surface area contributed by atoms with Gasteiger partial charge in [0, 0.05) is 17.9 Å². The topological polar surface area (TPSA) is 122 Å². The van der Waals surface area contributed by atoms with Gasteiger partial charge in [-0.25, -0.2) is 5.84 Å². The number of hydrazine groups is 1. The van der Waals surface area contributed by atoms with Gasteiger partial charge in [-0.05, 0) is 53.4 Å². The van der Waals surface area contributed by atoms with Crippen LogP contribution in [0, 0.1) is 5.92 Å². The standard InChI is InChI=1S/C23H39N3O4S/c1-16(2)8-6-9-17(3)10-7-11-18(4)12-13-31-15-20(22(28)26-24)25-21(27)14-19(5)23(29)30/h8,10,12,19-20H,6-7,9,11,13-15,24H2,1-5H3,(H,25,27)(H,26,28)(H,29,30)/b17-10+,18-12+. The van der Waals surface area contributed by atoms with E-state index in [2.05, 4.69) is 51.2 Å². The van der Waals surface area contributed by atoms with E-state index in [1.807, 2.05) is 5.43 Å². The van der Waals surface area contributed by atoms with E-state index in [1.165, 1.54) is 35.4 Å². The number of carbonyl (C=O) groups excluding carboxylic acids is 2. The number of nitrogens with two attached hydrogens (primary N) is 1. The third-order valence-corrected chi connectivity index (χ3v) is 5.64. The van der Waals surface area contributed by atoms with Crippen LogP contribution in [-0.4, -0.2) is 40.4 Å². The van der Waals surface area contributed by atoms with Gasteiger partial charge >= 0.3 is 5.97 Å². The van der Waals surface area contributed by atoms with E-state index in [4.69, 9.17) is 10.9 Å². The Balaban J connectivity index is 4.40. The number of aliphatic carboxylic acids is 1. The lowest BCUT2D eigenvalue weighted by Gasteiger charge is -2.17. The highest BCUT2D eigenvalue weighted by molar-refractivity contribution is 7.99. The number of thioether (sulfide) groups is 1. The zero-order valence-corrected chi connectivity index (χ0v) is 20.3. The fraction of sp³-hybridized carbons (Fsp3) is 0.609. The molecule has 0 bridgehead atoms. The van der Waals surface area contributed by atoms with Crippen molar-refractivity contribution in [1.82, 2.24) is 10.7 Å². The third kappa shape index (κ3) is 15.4. The number of rotatable bonds is 15. The van der Waals surface area contributed by atoms with Gasteiger partial charge in [0.2, 0.25) is 5.91 Å². The van der Waals surface area contributed by atoms with E-state index in [-0.39, 0.29) is 6.42 Å². The number of carboxylic acid groups (broad SMARTS) is 1. The molecule has 0 spiro atoms. The second kappa shape index (κ2) is 16.6. The zero-order chi connectivity index (χ0) is 23.8. The Bertz CT molecular complexity index is 682. The Hall–Kier alpha value is -2.06. The molecule has 2 unspecified atom stereocenters. The van der Waals surface area contributed by atoms with Crippen molar-refractivity contribution in [2.45, 2.75) is 72.8 Å². The molecule has 8 heteroatoms. The predicted molar refractivity (Wildman–Crippen MR) is 128 cm³/mol. The molecule has 0 radical (unpaired) electrons. The van der Waals surface area contributed by atoms with Crippen LogP contribution >= 0.6 is 11.8 Å². The SMILES string of the molecule is CC(C)=CCC/C(C)=C/CC/C(C)=C/CSCC(NC(=O)CC(C)C(=O)O)C(=O)NN. The normalized spacial score (nSPS) is 13.9. The van der Waals surface area contributed by atoms with Crippen LogP contribution in [0.1, 0.15) is 66.7 Å². The Labute approximate surface area is 191 Å². The fourth-order valence-electron chi connectivity index (χ4n) is 2.63. The molecule has 0 aromatic rings. The van der Waals surface area contributed by atoms with Gasteiger partial charge in [-0.15, -0.1) is 0 Å². The second-order valence-electron chi connectivity index (χ2n) is 8.07. The minimum absolute atomic E-state index is 0.186. The lowest BCUT2D eigenvalue weighted by atomic mass is 10.1. The number of hydrogen-bond acceptors (Lipinski definition) is 5. The summed E-state index contributed by atoms with van der Waals surface area (Å²) in [4.78, 5) is 34.8. The molecule has 0 saturated carbocycles. The van der Waals surface area contributed by atoms with Crippen LogP contribution < -0.4 is 16.6 Å². The zero-order valence-electron chi connectivity index (χ0n) is 19.5. The van der Waals surface area contributed by atoms with Gasteiger partial charge in [-0.1, -0.05) is 41.9 Å². The first-order valence-corrected chi connectivity index (χ1v) is 11.8. The van der Waals surface area contributed by atoms with Crippen molar-refractivity contribution >= 4 is 29.5 Å². The van der Waals surface area contributed by atoms with Crippen molar-refractivity contribution < 1.29 is 19.5 Å². The summed E-state index contributed by atoms with van der Waals surface area (Å²) in [6.07, 6.45) is 10.6. The molecule has 0 heterocycles. The molecule has 0 aromatic carbocycles. The second-order valence-corrected chi connectivity index (χ2v) is 9.14. The molecule has 0 fully saturated rings. The summed E-state index contributed by atoms with van der Waals surface area (Å²) < 4.78 is 0. The lowest BCUT2D eigenvalue weighted by molar-refractivity contribution is -0.143. The van der Waals surface area contributed by atoms with E-state index in [1.54, 1.807) is 0 Å². The van der Waals surface area contributed by atoms with Gasteiger partial charge in [0.05, 0.1) is 5.92 Å². The van der Waals surface area contributed by atoms with Crippen LogP contribution in [0.2, 0.25) is 0 Å². The Morgan fingerprint density at radius 3 is 2.13 bits per heavy atom. The minimum atomic E-state index is -1.05. The number of carboxylic acids is 1. The van der Waals surface area contributed by atoms with Crippen LogP contribution in [0.4, 0.5) is 0 Å². The summed E-state index contributed by atoms with van der Waals surface area (Å²) in [7, 11) is 0. The number of amides is 2. The van der Waals surface area contributed by atoms with Gasteiger partial charge in [0.1, 0.15) is 6.04 Å². The number of allylic oxidation sites excluding steroid dienone is 5. The molecule has 7 nitrogen and oxygen atoms in total. The fourth-order valence-corrected chi connectivity index (χ4v) is 3.64. The smallest absolute Gasteiger partial charge is 0.306 e. The highest BCUT2D eigenvalue weighted by atomic mass is 32.2. The predicted octanol–water partition coefficient (Wildman–Crippen LogP) is 3.72. The number of carbonyl (C=O) groups is 3. The van der Waals surface area contributed by atoms with E-state index in [0.717, 1.165) is 25.7 Å². The third-order valence-electron chi connectivity index (χ3n) is 4.66. The molecular weight excluding hydrogens is 414 g/mol. The molecule has 0 aromatic heterocycles. The van der Waals surface area contributed by atoms with Crippen molar-refractivity contribution in [3.05, 3.63) is 34.9 Å². The maximum atomic E-state index is 12.0. The molecule has 0 saturated heterocycles. The summed E-state index contributed by atoms with van der Waals surface area (Å²) in [6, 6.07) is -0.802. The van der Waals surface area contributed by atoms with Crippen molar-refractivity contribution in [3.63, 3.8) is 0 Å². The summed E-state index contributed by atoms with van der Waals surface area (Å²) in [5, 5.41) is 11.5. The Morgan fingerprint density at radius 1 is 1.00 bits per heavy atom. The number of nitrogens with one attached hydrogen (secondary N) is 2. The Kier molecular flexibility index (Phi) is 15.5. The van der Waals surface area contributed by atoms with Gasteiger partial charge in [0.15, 0.2) is 0 Å². The van der Waals surface area contributed by atoms with Crippen LogP contribution in [0.3, 0.4) is 0 Å². The molecule has 5 N–H and O–H groups in total. The molecule has 2 atom stereocenters. The number of hydrogen-bond donors (Lipinski definition) is 4. The Morgan fingerprint density at radius 2 is 1.58 bits per heavy atom. The van der Waals surface area contributed by atoms with E-state index < -0.39 is 29.7 Å². The first kappa shape index (κ1) is 28.9. The largest absolute Gasteiger partial charge is 0.481 e. The highest BCUT2D eigenvalue weighted by Gasteiger charge is 2.22. The van der Waals surface area contributed by atoms with Crippen molar-refractivity contribution in [3.8, 4) is 0 Å². The first-order valence-electron chi connectivity index (χ1n) is 10.6. The van der Waals surface area contributed by atoms with E-state index in [9.17, 15) is 14.4 Å². The van der Waals surface area contributed by atoms with Crippen molar-refractivity contribution in [1.29, 1.82) is 0 Å². The summed E-state index contributed by atoms with van der Waals surface area (Å²) >= 11 is 1.51. The molecule has 0 aliphatic carbocycles. The summed E-state index contributed by atoms with van der Waals surface area (Å²) in [5.41, 5.74) is 6.08. The van der Waals surface area contributed by atoms with Gasteiger partial charge in [0.25, 0.3) is 5.91 Å². The van der Waals surface area contributed by atoms with Crippen molar-refractivity contribution in [2.24, 2.45) is 11.8 Å². The molecule has 176 valence electrons. The first-order chi connectivity index (χ1) is 14.6. The molecule has 31 heavy (non-hydrogen) atoms. The maximum absolute atomic E-state index is 12.0. The summed E-state index contributed by atoms with van der Waals surface area (Å²) in [6.45, 7) is 9.93. The van der Waals surface area contributed by atoms with E-state index in [0.29, 0.717) is 11.5 Å². The average molecular weight is 454 g/mol. The summed E-state index contributed by atoms with van der Waals surface area (Å²) in [5.74, 6) is 3.41. The van der Waals surface area contributed by atoms with Crippen molar-refractivity contribution in [2.75, 3.05) is 11.5 Å². The van der Waals surface area contributed by atoms with Crippen LogP contribution in [0.25, 0.3) is 0 Å². The minimum Gasteiger partial charge on any atom is -0.481 e. The quantitative estimate of drug-likeness (QED) is 0.0985.